The Balaban J connectivity index is 1.47. The third-order valence-corrected chi connectivity index (χ3v) is 9.40. The van der Waals surface area contributed by atoms with Gasteiger partial charge in [0.1, 0.15) is 12.6 Å². The summed E-state index contributed by atoms with van der Waals surface area (Å²) >= 11 is 1.56. The average molecular weight is 715 g/mol. The van der Waals surface area contributed by atoms with E-state index in [1.54, 1.807) is 23.4 Å². The minimum absolute atomic E-state index is 0.0300. The lowest BCUT2D eigenvalue weighted by Crippen LogP contribution is -2.58. The van der Waals surface area contributed by atoms with Crippen molar-refractivity contribution in [2.45, 2.75) is 77.9 Å². The van der Waals surface area contributed by atoms with E-state index in [-0.39, 0.29) is 25.6 Å². The number of aliphatic hydroxyl groups excluding tert-OH is 1. The Labute approximate surface area is 305 Å². The molecular weight excluding hydrogens is 665 g/mol. The zero-order chi connectivity index (χ0) is 36.8. The quantitative estimate of drug-likeness (QED) is 0.101. The predicted molar refractivity (Wildman–Crippen MR) is 200 cm³/mol. The van der Waals surface area contributed by atoms with Gasteiger partial charge in [0, 0.05) is 31.4 Å². The fourth-order valence-electron chi connectivity index (χ4n) is 5.35. The molecule has 4 rings (SSSR count). The Morgan fingerprint density at radius 1 is 0.824 bits per heavy atom. The third kappa shape index (κ3) is 12.8. The molecule has 0 saturated carbocycles. The lowest BCUT2D eigenvalue weighted by Gasteiger charge is -2.32. The number of hydrogen-bond donors (Lipinski definition) is 4. The Bertz CT molecular complexity index is 1650. The number of thiazole rings is 1. The van der Waals surface area contributed by atoms with Crippen molar-refractivity contribution in [1.82, 2.24) is 31.0 Å². The molecule has 0 aliphatic carbocycles. The molecule has 11 nitrogen and oxygen atoms in total. The molecule has 0 radical (unpaired) electrons. The summed E-state index contributed by atoms with van der Waals surface area (Å²) in [6, 6.07) is 26.4. The van der Waals surface area contributed by atoms with Crippen molar-refractivity contribution in [3.05, 3.63) is 124 Å². The number of urea groups is 1. The highest BCUT2D eigenvalue weighted by Gasteiger charge is 2.30. The number of benzene rings is 3. The SMILES string of the molecule is CC(C)c1nc(CN(C)C(=O)N[C@H](C(=O)NN(Cc2ccccc2)C[C@H](O)[C@H](Cc2ccccc2)NC(=O)OCc2ccccc2)C(C)C)cs1. The van der Waals surface area contributed by atoms with Gasteiger partial charge in [0.15, 0.2) is 0 Å². The van der Waals surface area contributed by atoms with E-state index in [1.807, 2.05) is 110 Å². The normalized spacial score (nSPS) is 13.0. The molecule has 0 bridgehead atoms. The van der Waals surface area contributed by atoms with E-state index in [0.717, 1.165) is 27.4 Å². The van der Waals surface area contributed by atoms with Crippen LogP contribution in [-0.2, 0) is 35.6 Å². The number of rotatable bonds is 17. The first-order chi connectivity index (χ1) is 24.5. The summed E-state index contributed by atoms with van der Waals surface area (Å²) in [5.41, 5.74) is 6.39. The summed E-state index contributed by atoms with van der Waals surface area (Å²) in [4.78, 5) is 46.2. The van der Waals surface area contributed by atoms with Crippen LogP contribution in [0.15, 0.2) is 96.4 Å². The third-order valence-electron chi connectivity index (χ3n) is 8.21. The first-order valence-corrected chi connectivity index (χ1v) is 18.1. The number of aliphatic hydroxyl groups is 1. The van der Waals surface area contributed by atoms with Gasteiger partial charge in [0.2, 0.25) is 0 Å². The molecule has 0 spiro atoms. The maximum Gasteiger partial charge on any atom is 0.407 e. The maximum atomic E-state index is 13.9. The summed E-state index contributed by atoms with van der Waals surface area (Å²) < 4.78 is 5.48. The molecule has 1 heterocycles. The molecule has 0 saturated heterocycles. The topological polar surface area (TPSA) is 136 Å². The van der Waals surface area contributed by atoms with Crippen LogP contribution < -0.4 is 16.1 Å². The minimum Gasteiger partial charge on any atom is -0.445 e. The maximum absolute atomic E-state index is 13.9. The number of hydrogen-bond acceptors (Lipinski definition) is 8. The van der Waals surface area contributed by atoms with Crippen molar-refractivity contribution in [2.24, 2.45) is 5.92 Å². The number of alkyl carbamates (subject to hydrolysis) is 1. The number of amides is 4. The van der Waals surface area contributed by atoms with Gasteiger partial charge >= 0.3 is 12.1 Å². The number of carbonyl (C=O) groups excluding carboxylic acids is 3. The monoisotopic (exact) mass is 714 g/mol. The van der Waals surface area contributed by atoms with Crippen LogP contribution in [0.3, 0.4) is 0 Å². The molecule has 12 heteroatoms. The van der Waals surface area contributed by atoms with E-state index in [9.17, 15) is 19.5 Å². The molecule has 4 aromatic rings. The van der Waals surface area contributed by atoms with Crippen molar-refractivity contribution < 1.29 is 24.2 Å². The molecule has 272 valence electrons. The molecule has 3 atom stereocenters. The van der Waals surface area contributed by atoms with Crippen LogP contribution in [0, 0.1) is 5.92 Å². The second-order valence-corrected chi connectivity index (χ2v) is 14.2. The average Bonchev–Trinajstić information content (AvgIpc) is 3.59. The van der Waals surface area contributed by atoms with E-state index >= 15 is 0 Å². The zero-order valence-corrected chi connectivity index (χ0v) is 30.8. The van der Waals surface area contributed by atoms with Gasteiger partial charge in [0.05, 0.1) is 29.4 Å². The van der Waals surface area contributed by atoms with Gasteiger partial charge in [-0.15, -0.1) is 11.3 Å². The first kappa shape index (κ1) is 39.0. The van der Waals surface area contributed by atoms with E-state index in [4.69, 9.17) is 4.74 Å². The summed E-state index contributed by atoms with van der Waals surface area (Å²) in [5.74, 6) is -0.378. The van der Waals surface area contributed by atoms with Gasteiger partial charge in [-0.25, -0.2) is 19.6 Å². The highest BCUT2D eigenvalue weighted by molar-refractivity contribution is 7.09. The van der Waals surface area contributed by atoms with Crippen LogP contribution in [0.1, 0.15) is 61.0 Å². The molecule has 0 aliphatic rings. The van der Waals surface area contributed by atoms with Crippen molar-refractivity contribution in [2.75, 3.05) is 13.6 Å². The standard InChI is InChI=1S/C39H50N6O5S/c1-27(2)35(42-38(48)44(5)23-32-26-51-37(40-32)28(3)4)36(47)43-45(22-30-17-11-7-12-18-30)24-34(46)33(21-29-15-9-6-10-16-29)41-39(49)50-25-31-19-13-8-14-20-31/h6-20,26-28,33-35,46H,21-25H2,1-5H3,(H,41,49)(H,42,48)(H,43,47)/t33-,34-,35-/m0/s1. The summed E-state index contributed by atoms with van der Waals surface area (Å²) in [5, 5.41) is 22.0. The molecule has 0 aliphatic heterocycles. The summed E-state index contributed by atoms with van der Waals surface area (Å²) in [6.07, 6.45) is -1.46. The number of aromatic nitrogens is 1. The van der Waals surface area contributed by atoms with Gasteiger partial charge in [-0.1, -0.05) is 119 Å². The smallest absolute Gasteiger partial charge is 0.407 e. The second-order valence-electron chi connectivity index (χ2n) is 13.3. The highest BCUT2D eigenvalue weighted by Crippen LogP contribution is 2.20. The number of carbonyl (C=O) groups is 3. The van der Waals surface area contributed by atoms with Crippen molar-refractivity contribution >= 4 is 29.4 Å². The summed E-state index contributed by atoms with van der Waals surface area (Å²) in [6.45, 7) is 8.49. The Morgan fingerprint density at radius 2 is 1.41 bits per heavy atom. The Kier molecular flexibility index (Phi) is 15.0. The van der Waals surface area contributed by atoms with Crippen LogP contribution in [0.2, 0.25) is 0 Å². The zero-order valence-electron chi connectivity index (χ0n) is 30.0. The largest absolute Gasteiger partial charge is 0.445 e. The lowest BCUT2D eigenvalue weighted by molar-refractivity contribution is -0.130. The van der Waals surface area contributed by atoms with Gasteiger partial charge in [0.25, 0.3) is 5.91 Å². The van der Waals surface area contributed by atoms with E-state index < -0.39 is 36.2 Å². The molecule has 51 heavy (non-hydrogen) atoms. The fourth-order valence-corrected chi connectivity index (χ4v) is 6.18. The van der Waals surface area contributed by atoms with Crippen molar-refractivity contribution in [3.8, 4) is 0 Å². The molecule has 3 aromatic carbocycles. The first-order valence-electron chi connectivity index (χ1n) is 17.2. The van der Waals surface area contributed by atoms with E-state index in [2.05, 4.69) is 34.9 Å². The van der Waals surface area contributed by atoms with Gasteiger partial charge in [-0.05, 0) is 29.0 Å². The molecule has 0 fully saturated rings. The van der Waals surface area contributed by atoms with Crippen LogP contribution in [0.25, 0.3) is 0 Å². The minimum atomic E-state index is -1.12. The van der Waals surface area contributed by atoms with Crippen LogP contribution >= 0.6 is 11.3 Å². The molecule has 4 N–H and O–H groups in total. The number of ether oxygens (including phenoxy) is 1. The van der Waals surface area contributed by atoms with Crippen molar-refractivity contribution in [3.63, 3.8) is 0 Å². The number of nitrogens with one attached hydrogen (secondary N) is 3. The molecular formula is C39H50N6O5S. The predicted octanol–water partition coefficient (Wildman–Crippen LogP) is 5.86. The highest BCUT2D eigenvalue weighted by atomic mass is 32.1. The van der Waals surface area contributed by atoms with Crippen LogP contribution in [0.4, 0.5) is 9.59 Å². The molecule has 0 unspecified atom stereocenters. The lowest BCUT2D eigenvalue weighted by atomic mass is 10.0. The molecule has 4 amide bonds. The van der Waals surface area contributed by atoms with Gasteiger partial charge in [-0.2, -0.15) is 0 Å². The fraction of sp³-hybridized carbons (Fsp3) is 0.385. The van der Waals surface area contributed by atoms with Crippen LogP contribution in [0.5, 0.6) is 0 Å². The van der Waals surface area contributed by atoms with Gasteiger partial charge < -0.3 is 25.4 Å². The number of hydrazine groups is 1. The molecule has 1 aromatic heterocycles. The van der Waals surface area contributed by atoms with Crippen LogP contribution in [-0.4, -0.2) is 69.8 Å². The second kappa shape index (κ2) is 19.6. The summed E-state index contributed by atoms with van der Waals surface area (Å²) in [7, 11) is 1.67. The van der Waals surface area contributed by atoms with E-state index in [0.29, 0.717) is 18.9 Å². The van der Waals surface area contributed by atoms with Gasteiger partial charge in [-0.3, -0.25) is 10.2 Å². The van der Waals surface area contributed by atoms with Crippen molar-refractivity contribution in [1.29, 1.82) is 0 Å². The number of nitrogens with zero attached hydrogens (tertiary/aromatic N) is 3. The Hall–Kier alpha value is -4.78. The van der Waals surface area contributed by atoms with E-state index in [1.165, 1.54) is 4.90 Å². The Morgan fingerprint density at radius 3 is 1.98 bits per heavy atom.